The van der Waals surface area contributed by atoms with E-state index in [1.54, 1.807) is 24.4 Å². The zero-order chi connectivity index (χ0) is 14.8. The Balaban J connectivity index is 2.22. The number of anilines is 1. The molecule has 6 heteroatoms. The van der Waals surface area contributed by atoms with Crippen LogP contribution in [0.1, 0.15) is 18.5 Å². The second-order valence-electron chi connectivity index (χ2n) is 4.60. The van der Waals surface area contributed by atoms with Gasteiger partial charge in [-0.05, 0) is 36.8 Å². The third kappa shape index (κ3) is 3.54. The molecule has 0 saturated heterocycles. The third-order valence-electron chi connectivity index (χ3n) is 2.87. The summed E-state index contributed by atoms with van der Waals surface area (Å²) in [5, 5.41) is 3.13. The molecule has 1 aromatic carbocycles. The summed E-state index contributed by atoms with van der Waals surface area (Å²) in [7, 11) is -3.24. The predicted octanol–water partition coefficient (Wildman–Crippen LogP) is 2.80. The minimum atomic E-state index is -3.24. The van der Waals surface area contributed by atoms with Gasteiger partial charge in [-0.15, -0.1) is 0 Å². The van der Waals surface area contributed by atoms with Crippen molar-refractivity contribution in [3.8, 4) is 0 Å². The number of hydrogen-bond donors (Lipinski definition) is 1. The molecule has 0 fully saturated rings. The molecular weight excluding hydrogens is 279 g/mol. The van der Waals surface area contributed by atoms with Gasteiger partial charge in [0.15, 0.2) is 9.84 Å². The molecule has 0 aliphatic rings. The van der Waals surface area contributed by atoms with Gasteiger partial charge in [0.1, 0.15) is 5.82 Å². The van der Waals surface area contributed by atoms with Gasteiger partial charge in [0.05, 0.1) is 17.1 Å². The van der Waals surface area contributed by atoms with E-state index in [-0.39, 0.29) is 10.9 Å². The van der Waals surface area contributed by atoms with Crippen molar-refractivity contribution in [2.24, 2.45) is 0 Å². The normalized spacial score (nSPS) is 12.9. The van der Waals surface area contributed by atoms with E-state index < -0.39 is 15.7 Å². The molecule has 0 saturated carbocycles. The van der Waals surface area contributed by atoms with Gasteiger partial charge in [0.2, 0.25) is 0 Å². The Morgan fingerprint density at radius 1 is 1.25 bits per heavy atom. The molecule has 1 unspecified atom stereocenters. The van der Waals surface area contributed by atoms with Crippen LogP contribution in [0.5, 0.6) is 0 Å². The summed E-state index contributed by atoms with van der Waals surface area (Å²) in [6, 6.07) is 7.72. The molecule has 0 bridgehead atoms. The monoisotopic (exact) mass is 294 g/mol. The van der Waals surface area contributed by atoms with Crippen molar-refractivity contribution in [3.05, 3.63) is 54.1 Å². The van der Waals surface area contributed by atoms with Crippen molar-refractivity contribution in [1.29, 1.82) is 0 Å². The highest BCUT2D eigenvalue weighted by Crippen LogP contribution is 2.21. The van der Waals surface area contributed by atoms with Crippen molar-refractivity contribution in [2.75, 3.05) is 11.6 Å². The zero-order valence-electron chi connectivity index (χ0n) is 11.2. The van der Waals surface area contributed by atoms with Crippen molar-refractivity contribution in [2.45, 2.75) is 17.9 Å². The second kappa shape index (κ2) is 5.58. The van der Waals surface area contributed by atoms with Crippen LogP contribution in [0.25, 0.3) is 0 Å². The minimum Gasteiger partial charge on any atom is -0.378 e. The molecule has 20 heavy (non-hydrogen) atoms. The van der Waals surface area contributed by atoms with E-state index in [1.807, 2.05) is 6.92 Å². The third-order valence-corrected chi connectivity index (χ3v) is 3.98. The summed E-state index contributed by atoms with van der Waals surface area (Å²) in [5.41, 5.74) is 1.35. The molecule has 4 nitrogen and oxygen atoms in total. The quantitative estimate of drug-likeness (QED) is 0.942. The summed E-state index contributed by atoms with van der Waals surface area (Å²) >= 11 is 0. The van der Waals surface area contributed by atoms with Crippen LogP contribution in [-0.2, 0) is 9.84 Å². The fourth-order valence-corrected chi connectivity index (χ4v) is 2.48. The van der Waals surface area contributed by atoms with Crippen LogP contribution in [0.4, 0.5) is 10.1 Å². The molecule has 0 aliphatic carbocycles. The number of aromatic nitrogens is 1. The van der Waals surface area contributed by atoms with E-state index >= 15 is 0 Å². The molecule has 1 N–H and O–H groups in total. The average molecular weight is 294 g/mol. The number of hydrogen-bond acceptors (Lipinski definition) is 4. The molecule has 2 rings (SSSR count). The Labute approximate surface area is 117 Å². The average Bonchev–Trinajstić information content (AvgIpc) is 2.38. The van der Waals surface area contributed by atoms with Crippen LogP contribution in [0.3, 0.4) is 0 Å². The van der Waals surface area contributed by atoms with Crippen molar-refractivity contribution < 1.29 is 12.8 Å². The highest BCUT2D eigenvalue weighted by Gasteiger charge is 2.10. The van der Waals surface area contributed by atoms with Gasteiger partial charge in [0.25, 0.3) is 0 Å². The highest BCUT2D eigenvalue weighted by atomic mass is 32.2. The first kappa shape index (κ1) is 14.5. The van der Waals surface area contributed by atoms with E-state index in [9.17, 15) is 12.8 Å². The van der Waals surface area contributed by atoms with E-state index in [0.717, 1.165) is 12.5 Å². The summed E-state index contributed by atoms with van der Waals surface area (Å²) < 4.78 is 36.1. The SMILES string of the molecule is CC(Nc1cccc(S(C)(=O)=O)c1)c1cncc(F)c1. The summed E-state index contributed by atoms with van der Waals surface area (Å²) in [4.78, 5) is 4.04. The van der Waals surface area contributed by atoms with Crippen molar-refractivity contribution in [3.63, 3.8) is 0 Å². The van der Waals surface area contributed by atoms with Crippen LogP contribution < -0.4 is 5.32 Å². The first-order chi connectivity index (χ1) is 9.36. The maximum Gasteiger partial charge on any atom is 0.175 e. The van der Waals surface area contributed by atoms with E-state index in [1.165, 1.54) is 12.1 Å². The van der Waals surface area contributed by atoms with E-state index in [4.69, 9.17) is 0 Å². The van der Waals surface area contributed by atoms with Crippen LogP contribution in [0.15, 0.2) is 47.6 Å². The van der Waals surface area contributed by atoms with Gasteiger partial charge in [-0.25, -0.2) is 12.8 Å². The fraction of sp³-hybridized carbons (Fsp3) is 0.214. The Morgan fingerprint density at radius 3 is 2.65 bits per heavy atom. The van der Waals surface area contributed by atoms with Gasteiger partial charge < -0.3 is 5.32 Å². The molecule has 1 atom stereocenters. The number of rotatable bonds is 4. The van der Waals surface area contributed by atoms with Gasteiger partial charge in [-0.2, -0.15) is 0 Å². The maximum atomic E-state index is 13.1. The Hall–Kier alpha value is -1.95. The van der Waals surface area contributed by atoms with Crippen LogP contribution in [0.2, 0.25) is 0 Å². The minimum absolute atomic E-state index is 0.187. The molecule has 0 aliphatic heterocycles. The largest absolute Gasteiger partial charge is 0.378 e. The molecule has 0 radical (unpaired) electrons. The number of pyridine rings is 1. The van der Waals surface area contributed by atoms with E-state index in [2.05, 4.69) is 10.3 Å². The first-order valence-corrected chi connectivity index (χ1v) is 7.92. The molecule has 0 spiro atoms. The standard InChI is InChI=1S/C14H15FN2O2S/c1-10(11-6-12(15)9-16-8-11)17-13-4-3-5-14(7-13)20(2,18)19/h3-10,17H,1-2H3. The number of benzene rings is 1. The number of nitrogens with one attached hydrogen (secondary N) is 1. The molecular formula is C14H15FN2O2S. The topological polar surface area (TPSA) is 59.1 Å². The summed E-state index contributed by atoms with van der Waals surface area (Å²) in [6.07, 6.45) is 3.87. The number of nitrogens with zero attached hydrogens (tertiary/aromatic N) is 1. The summed E-state index contributed by atoms with van der Waals surface area (Å²) in [6.45, 7) is 1.85. The molecule has 2 aromatic rings. The lowest BCUT2D eigenvalue weighted by molar-refractivity contribution is 0.602. The molecule has 0 amide bonds. The Kier molecular flexibility index (Phi) is 4.04. The second-order valence-corrected chi connectivity index (χ2v) is 6.62. The Bertz CT molecular complexity index is 717. The van der Waals surface area contributed by atoms with Crippen molar-refractivity contribution >= 4 is 15.5 Å². The molecule has 106 valence electrons. The summed E-state index contributed by atoms with van der Waals surface area (Å²) in [5.74, 6) is -0.402. The number of halogens is 1. The van der Waals surface area contributed by atoms with E-state index in [0.29, 0.717) is 11.3 Å². The predicted molar refractivity (Wildman–Crippen MR) is 75.8 cm³/mol. The van der Waals surface area contributed by atoms with Crippen LogP contribution in [-0.4, -0.2) is 19.7 Å². The lowest BCUT2D eigenvalue weighted by Gasteiger charge is -2.16. The van der Waals surface area contributed by atoms with Crippen LogP contribution >= 0.6 is 0 Å². The van der Waals surface area contributed by atoms with Gasteiger partial charge in [-0.1, -0.05) is 6.07 Å². The number of sulfone groups is 1. The molecule has 1 heterocycles. The zero-order valence-corrected chi connectivity index (χ0v) is 12.0. The van der Waals surface area contributed by atoms with Crippen molar-refractivity contribution in [1.82, 2.24) is 4.98 Å². The first-order valence-electron chi connectivity index (χ1n) is 6.03. The van der Waals surface area contributed by atoms with Gasteiger partial charge >= 0.3 is 0 Å². The maximum absolute atomic E-state index is 13.1. The lowest BCUT2D eigenvalue weighted by Crippen LogP contribution is -2.08. The smallest absolute Gasteiger partial charge is 0.175 e. The van der Waals surface area contributed by atoms with Gasteiger partial charge in [0, 0.05) is 18.1 Å². The molecule has 1 aromatic heterocycles. The highest BCUT2D eigenvalue weighted by molar-refractivity contribution is 7.90. The fourth-order valence-electron chi connectivity index (χ4n) is 1.81. The lowest BCUT2D eigenvalue weighted by atomic mass is 10.1. The van der Waals surface area contributed by atoms with Crippen LogP contribution in [0, 0.1) is 5.82 Å². The van der Waals surface area contributed by atoms with Gasteiger partial charge in [-0.3, -0.25) is 4.98 Å². The Morgan fingerprint density at radius 2 is 2.00 bits per heavy atom.